The third-order valence-electron chi connectivity index (χ3n) is 6.75. The molecule has 0 spiro atoms. The van der Waals surface area contributed by atoms with Gasteiger partial charge in [-0.05, 0) is 36.6 Å². The van der Waals surface area contributed by atoms with Crippen LogP contribution >= 0.6 is 0 Å². The van der Waals surface area contributed by atoms with Gasteiger partial charge in [0.05, 0.1) is 12.6 Å². The number of nitrogens with two attached hydrogens (primary N) is 2. The molecule has 3 aromatic rings. The lowest BCUT2D eigenvalue weighted by Gasteiger charge is -2.24. The Morgan fingerprint density at radius 1 is 0.805 bits per heavy atom. The molecule has 220 valence electrons. The summed E-state index contributed by atoms with van der Waals surface area (Å²) in [5.41, 5.74) is 13.8. The zero-order valence-corrected chi connectivity index (χ0v) is 22.7. The number of H-pyrrole nitrogens is 1. The Morgan fingerprint density at radius 3 is 2.12 bits per heavy atom. The monoisotopic (exact) mass is 566 g/mol. The van der Waals surface area contributed by atoms with Crippen molar-refractivity contribution >= 4 is 34.6 Å². The molecule has 41 heavy (non-hydrogen) atoms. The zero-order chi connectivity index (χ0) is 29.8. The summed E-state index contributed by atoms with van der Waals surface area (Å²) < 4.78 is 0. The highest BCUT2D eigenvalue weighted by atomic mass is 16.4. The summed E-state index contributed by atoms with van der Waals surface area (Å²) in [6, 6.07) is 11.5. The number of carbonyl (C=O) groups is 4. The molecule has 12 heteroatoms. The van der Waals surface area contributed by atoms with Gasteiger partial charge < -0.3 is 42.6 Å². The largest absolute Gasteiger partial charge is 0.480 e. The van der Waals surface area contributed by atoms with Gasteiger partial charge in [-0.25, -0.2) is 4.79 Å². The number of aliphatic hydroxyl groups is 1. The lowest BCUT2D eigenvalue weighted by atomic mass is 10.0. The highest BCUT2D eigenvalue weighted by Crippen LogP contribution is 2.19. The van der Waals surface area contributed by atoms with Crippen molar-refractivity contribution in [3.05, 3.63) is 71.9 Å². The zero-order valence-electron chi connectivity index (χ0n) is 22.7. The summed E-state index contributed by atoms with van der Waals surface area (Å²) in [6.07, 6.45) is 3.54. The van der Waals surface area contributed by atoms with E-state index in [0.717, 1.165) is 16.5 Å². The summed E-state index contributed by atoms with van der Waals surface area (Å²) in [6.45, 7) is -0.319. The molecule has 2 aromatic carbocycles. The smallest absolute Gasteiger partial charge is 0.326 e. The van der Waals surface area contributed by atoms with Crippen molar-refractivity contribution < 1.29 is 29.4 Å². The van der Waals surface area contributed by atoms with Gasteiger partial charge in [-0.3, -0.25) is 14.4 Å². The van der Waals surface area contributed by atoms with Crippen LogP contribution in [0.5, 0.6) is 0 Å². The van der Waals surface area contributed by atoms with E-state index in [1.165, 1.54) is 0 Å². The van der Waals surface area contributed by atoms with Crippen molar-refractivity contribution in [2.45, 2.75) is 56.3 Å². The minimum Gasteiger partial charge on any atom is -0.480 e. The highest BCUT2D eigenvalue weighted by Gasteiger charge is 2.30. The summed E-state index contributed by atoms with van der Waals surface area (Å²) in [4.78, 5) is 54.2. The summed E-state index contributed by atoms with van der Waals surface area (Å²) in [5.74, 6) is -3.42. The van der Waals surface area contributed by atoms with Crippen molar-refractivity contribution in [3.8, 4) is 0 Å². The van der Waals surface area contributed by atoms with E-state index in [4.69, 9.17) is 11.5 Å². The number of carboxylic acid groups (broad SMARTS) is 1. The first-order valence-corrected chi connectivity index (χ1v) is 13.5. The van der Waals surface area contributed by atoms with E-state index in [1.54, 1.807) is 36.5 Å². The van der Waals surface area contributed by atoms with Gasteiger partial charge in [-0.2, -0.15) is 0 Å². The molecule has 0 saturated heterocycles. The summed E-state index contributed by atoms with van der Waals surface area (Å²) in [7, 11) is 0. The maximum atomic E-state index is 13.4. The number of hydrogen-bond acceptors (Lipinski definition) is 7. The molecule has 0 aliphatic carbocycles. The van der Waals surface area contributed by atoms with Gasteiger partial charge >= 0.3 is 5.97 Å². The minimum absolute atomic E-state index is 0.00923. The Balaban J connectivity index is 1.74. The van der Waals surface area contributed by atoms with E-state index >= 15 is 0 Å². The van der Waals surface area contributed by atoms with Crippen LogP contribution in [0.2, 0.25) is 0 Å². The van der Waals surface area contributed by atoms with Gasteiger partial charge in [0, 0.05) is 29.9 Å². The molecule has 3 rings (SSSR count). The second-order valence-electron chi connectivity index (χ2n) is 9.85. The van der Waals surface area contributed by atoms with Crippen LogP contribution in [0.15, 0.2) is 60.8 Å². The van der Waals surface area contributed by atoms with E-state index in [9.17, 15) is 29.4 Å². The van der Waals surface area contributed by atoms with Gasteiger partial charge in [0.15, 0.2) is 0 Å². The van der Waals surface area contributed by atoms with E-state index in [-0.39, 0.29) is 12.8 Å². The Hall–Kier alpha value is -4.26. The Morgan fingerprint density at radius 2 is 1.44 bits per heavy atom. The van der Waals surface area contributed by atoms with Crippen molar-refractivity contribution in [2.24, 2.45) is 11.5 Å². The Labute approximate surface area is 237 Å². The lowest BCUT2D eigenvalue weighted by Crippen LogP contribution is -2.58. The molecule has 10 N–H and O–H groups in total. The van der Waals surface area contributed by atoms with Crippen LogP contribution < -0.4 is 27.4 Å². The average Bonchev–Trinajstić information content (AvgIpc) is 3.38. The minimum atomic E-state index is -1.46. The van der Waals surface area contributed by atoms with E-state index in [2.05, 4.69) is 20.9 Å². The number of carbonyl (C=O) groups excluding carboxylic acids is 3. The molecule has 0 fully saturated rings. The van der Waals surface area contributed by atoms with E-state index in [0.29, 0.717) is 31.4 Å². The van der Waals surface area contributed by atoms with Gasteiger partial charge in [-0.15, -0.1) is 0 Å². The quantitative estimate of drug-likeness (QED) is 0.110. The maximum Gasteiger partial charge on any atom is 0.326 e. The number of hydrogen-bond donors (Lipinski definition) is 8. The third kappa shape index (κ3) is 9.13. The van der Waals surface area contributed by atoms with Crippen LogP contribution in [0, 0.1) is 0 Å². The number of carboxylic acids is 1. The standard InChI is InChI=1S/C29H38N6O6/c30-13-7-6-11-21(31)26(37)33-23(15-19-16-32-22-12-5-4-10-20(19)22)27(38)35-25(17-36)28(39)34-24(29(40)41)14-18-8-2-1-3-9-18/h1-5,8-10,12,16,21,23-25,32,36H,6-7,11,13-15,17,30-31H2,(H,33,37)(H,34,39)(H,35,38)(H,40,41). The number of aromatic nitrogens is 1. The Bertz CT molecular complexity index is 1310. The highest BCUT2D eigenvalue weighted by molar-refractivity contribution is 5.95. The molecule has 3 amide bonds. The number of aliphatic carboxylic acids is 1. The van der Waals surface area contributed by atoms with Gasteiger partial charge in [-0.1, -0.05) is 55.0 Å². The molecule has 0 radical (unpaired) electrons. The number of para-hydroxylation sites is 1. The average molecular weight is 567 g/mol. The van der Waals surface area contributed by atoms with Crippen molar-refractivity contribution in [3.63, 3.8) is 0 Å². The van der Waals surface area contributed by atoms with Gasteiger partial charge in [0.2, 0.25) is 17.7 Å². The molecule has 1 heterocycles. The number of fused-ring (bicyclic) bond motifs is 1. The fraction of sp³-hybridized carbons (Fsp3) is 0.379. The molecular weight excluding hydrogens is 528 g/mol. The normalized spacial score (nSPS) is 14.0. The SMILES string of the molecule is NCCCCC(N)C(=O)NC(Cc1c[nH]c2ccccc12)C(=O)NC(CO)C(=O)NC(Cc1ccccc1)C(=O)O. The number of unbranched alkanes of at least 4 members (excludes halogenated alkanes) is 1. The topological polar surface area (TPSA) is 213 Å². The van der Waals surface area contributed by atoms with Crippen LogP contribution in [-0.2, 0) is 32.0 Å². The number of nitrogens with one attached hydrogen (secondary N) is 4. The number of aromatic amines is 1. The van der Waals surface area contributed by atoms with Crippen LogP contribution in [0.3, 0.4) is 0 Å². The van der Waals surface area contributed by atoms with E-state index < -0.39 is 54.5 Å². The maximum absolute atomic E-state index is 13.4. The summed E-state index contributed by atoms with van der Waals surface area (Å²) in [5, 5.41) is 27.9. The van der Waals surface area contributed by atoms with Gasteiger partial charge in [0.1, 0.15) is 18.1 Å². The fourth-order valence-electron chi connectivity index (χ4n) is 4.44. The second kappa shape index (κ2) is 15.5. The first-order chi connectivity index (χ1) is 19.7. The van der Waals surface area contributed by atoms with Crippen LogP contribution in [0.1, 0.15) is 30.4 Å². The van der Waals surface area contributed by atoms with E-state index in [1.807, 2.05) is 24.3 Å². The van der Waals surface area contributed by atoms with Gasteiger partial charge in [0.25, 0.3) is 0 Å². The van der Waals surface area contributed by atoms with Crippen molar-refractivity contribution in [1.82, 2.24) is 20.9 Å². The molecule has 4 unspecified atom stereocenters. The predicted octanol–water partition coefficient (Wildman–Crippen LogP) is -0.0593. The molecular formula is C29H38N6O6. The number of rotatable bonds is 16. The van der Waals surface area contributed by atoms with Crippen LogP contribution in [0.4, 0.5) is 0 Å². The first-order valence-electron chi connectivity index (χ1n) is 13.5. The Kier molecular flexibility index (Phi) is 11.8. The summed E-state index contributed by atoms with van der Waals surface area (Å²) >= 11 is 0. The number of aliphatic hydroxyl groups excluding tert-OH is 1. The molecule has 4 atom stereocenters. The molecule has 1 aromatic heterocycles. The van der Waals surface area contributed by atoms with Crippen molar-refractivity contribution in [1.29, 1.82) is 0 Å². The van der Waals surface area contributed by atoms with Crippen LogP contribution in [-0.4, -0.2) is 76.2 Å². The lowest BCUT2D eigenvalue weighted by molar-refractivity contribution is -0.142. The molecule has 0 aliphatic rings. The molecule has 12 nitrogen and oxygen atoms in total. The fourth-order valence-corrected chi connectivity index (χ4v) is 4.44. The molecule has 0 saturated carbocycles. The number of benzene rings is 2. The second-order valence-corrected chi connectivity index (χ2v) is 9.85. The number of amides is 3. The molecule has 0 bridgehead atoms. The van der Waals surface area contributed by atoms with Crippen LogP contribution in [0.25, 0.3) is 10.9 Å². The molecule has 0 aliphatic heterocycles. The third-order valence-corrected chi connectivity index (χ3v) is 6.75. The first kappa shape index (κ1) is 31.3. The van der Waals surface area contributed by atoms with Crippen molar-refractivity contribution in [2.75, 3.05) is 13.2 Å². The predicted molar refractivity (Wildman–Crippen MR) is 154 cm³/mol.